The number of benzene rings is 3. The Morgan fingerprint density at radius 1 is 1.00 bits per heavy atom. The first-order valence-corrected chi connectivity index (χ1v) is 13.2. The zero-order chi connectivity index (χ0) is 24.8. The first-order chi connectivity index (χ1) is 16.9. The van der Waals surface area contributed by atoms with Crippen LogP contribution in [0, 0.1) is 0 Å². The Labute approximate surface area is 255 Å². The Morgan fingerprint density at radius 3 is 2.44 bits per heavy atom. The van der Waals surface area contributed by atoms with Crippen LogP contribution >= 0.6 is 0 Å². The van der Waals surface area contributed by atoms with Crippen LogP contribution in [0.1, 0.15) is 42.9 Å². The van der Waals surface area contributed by atoms with Crippen LogP contribution in [-0.4, -0.2) is 79.1 Å². The summed E-state index contributed by atoms with van der Waals surface area (Å²) in [5.74, 6) is 0.325. The van der Waals surface area contributed by atoms with E-state index in [1.165, 1.54) is 12.1 Å². The number of aryl methyl sites for hydroxylation is 1. The molecule has 1 aliphatic heterocycles. The van der Waals surface area contributed by atoms with Gasteiger partial charge in [0.15, 0.2) is 11.5 Å². The molecule has 0 spiro atoms. The molecule has 0 saturated carbocycles. The molecule has 1 aliphatic rings. The van der Waals surface area contributed by atoms with Crippen molar-refractivity contribution in [2.45, 2.75) is 43.9 Å². The molecule has 0 radical (unpaired) electrons. The third-order valence-electron chi connectivity index (χ3n) is 5.82. The monoisotopic (exact) mass is 535 g/mol. The van der Waals surface area contributed by atoms with Gasteiger partial charge in [0.05, 0.1) is 17.4 Å². The number of para-hydroxylation sites is 1. The van der Waals surface area contributed by atoms with Gasteiger partial charge in [-0.1, -0.05) is 49.7 Å². The summed E-state index contributed by atoms with van der Waals surface area (Å²) in [6.07, 6.45) is 2.06. The average Bonchev–Trinajstić information content (AvgIpc) is 3.32. The van der Waals surface area contributed by atoms with Crippen molar-refractivity contribution in [2.24, 2.45) is 0 Å². The molecule has 0 fully saturated rings. The van der Waals surface area contributed by atoms with Gasteiger partial charge >= 0.3 is 51.4 Å². The number of amides is 1. The molecule has 3 aromatic rings. The summed E-state index contributed by atoms with van der Waals surface area (Å²) in [5, 5.41) is 0. The maximum atomic E-state index is 13.5. The summed E-state index contributed by atoms with van der Waals surface area (Å²) in [7, 11) is -4.06. The topological polar surface area (TPSA) is 90.9 Å². The Kier molecular flexibility index (Phi) is 10.4. The number of nitrogens with one attached hydrogen (secondary N) is 1. The second-order valence-electron chi connectivity index (χ2n) is 8.27. The van der Waals surface area contributed by atoms with Gasteiger partial charge < -0.3 is 14.2 Å². The Balaban J connectivity index is 0.00000361. The SMILES string of the molecule is CCCc1ccc(S(=O)(=O)NC(=O)C(Cc2ccccc2OCC)c2ccc3c(c2)OCO3)cc1.[KH]. The number of rotatable bonds is 10. The summed E-state index contributed by atoms with van der Waals surface area (Å²) in [5.41, 5.74) is 2.46. The zero-order valence-corrected chi connectivity index (χ0v) is 20.6. The van der Waals surface area contributed by atoms with E-state index in [2.05, 4.69) is 11.6 Å². The van der Waals surface area contributed by atoms with Gasteiger partial charge in [-0.3, -0.25) is 4.79 Å². The van der Waals surface area contributed by atoms with Crippen LogP contribution in [0.3, 0.4) is 0 Å². The standard InChI is InChI=1S/C27H29NO6S.K.H/c1-3-7-19-10-13-22(14-11-19)35(30,31)28-27(29)23(16-21-8-5-6-9-24(21)32-4-2)20-12-15-25-26(17-20)34-18-33-25;;/h5-6,8-15,17,23H,3-4,7,16,18H2,1-2H3,(H,28,29);;. The number of hydrogen-bond donors (Lipinski definition) is 1. The van der Waals surface area contributed by atoms with Gasteiger partial charge in [-0.05, 0) is 66.8 Å². The van der Waals surface area contributed by atoms with E-state index in [0.29, 0.717) is 29.4 Å². The third kappa shape index (κ3) is 6.90. The van der Waals surface area contributed by atoms with Gasteiger partial charge in [-0.15, -0.1) is 0 Å². The van der Waals surface area contributed by atoms with Crippen molar-refractivity contribution in [3.63, 3.8) is 0 Å². The number of carbonyl (C=O) groups is 1. The molecule has 0 saturated heterocycles. The predicted molar refractivity (Wildman–Crippen MR) is 140 cm³/mol. The zero-order valence-electron chi connectivity index (χ0n) is 19.8. The fraction of sp³-hybridized carbons (Fsp3) is 0.296. The van der Waals surface area contributed by atoms with E-state index < -0.39 is 21.8 Å². The molecule has 7 nitrogen and oxygen atoms in total. The minimum atomic E-state index is -4.06. The van der Waals surface area contributed by atoms with Crippen molar-refractivity contribution in [3.8, 4) is 17.2 Å². The molecule has 1 amide bonds. The fourth-order valence-electron chi connectivity index (χ4n) is 4.07. The molecule has 0 aromatic heterocycles. The second kappa shape index (κ2) is 13.1. The molecular weight excluding hydrogens is 505 g/mol. The van der Waals surface area contributed by atoms with Crippen molar-refractivity contribution in [2.75, 3.05) is 13.4 Å². The molecule has 1 unspecified atom stereocenters. The minimum absolute atomic E-state index is 0. The Bertz CT molecular complexity index is 1290. The molecule has 4 rings (SSSR count). The molecule has 1 atom stereocenters. The molecule has 3 aromatic carbocycles. The van der Waals surface area contributed by atoms with Gasteiger partial charge in [-0.25, -0.2) is 13.1 Å². The second-order valence-corrected chi connectivity index (χ2v) is 9.96. The maximum absolute atomic E-state index is 13.5. The number of carbonyl (C=O) groups excluding carboxylic acids is 1. The van der Waals surface area contributed by atoms with Crippen LogP contribution in [-0.2, 0) is 27.7 Å². The van der Waals surface area contributed by atoms with E-state index in [1.807, 2.05) is 31.2 Å². The Hall–Kier alpha value is -1.88. The van der Waals surface area contributed by atoms with Crippen LogP contribution in [0.4, 0.5) is 0 Å². The summed E-state index contributed by atoms with van der Waals surface area (Å²) >= 11 is 0. The van der Waals surface area contributed by atoms with Gasteiger partial charge in [0, 0.05) is 0 Å². The van der Waals surface area contributed by atoms with Crippen LogP contribution in [0.5, 0.6) is 17.2 Å². The average molecular weight is 536 g/mol. The Morgan fingerprint density at radius 2 is 1.72 bits per heavy atom. The number of hydrogen-bond acceptors (Lipinski definition) is 6. The van der Waals surface area contributed by atoms with E-state index in [1.54, 1.807) is 30.3 Å². The number of ether oxygens (including phenoxy) is 3. The van der Waals surface area contributed by atoms with E-state index in [4.69, 9.17) is 14.2 Å². The molecule has 36 heavy (non-hydrogen) atoms. The van der Waals surface area contributed by atoms with Crippen molar-refractivity contribution in [1.82, 2.24) is 4.72 Å². The summed E-state index contributed by atoms with van der Waals surface area (Å²) in [6, 6.07) is 19.2. The molecule has 0 bridgehead atoms. The van der Waals surface area contributed by atoms with Crippen molar-refractivity contribution >= 4 is 67.3 Å². The van der Waals surface area contributed by atoms with Gasteiger partial charge in [0.1, 0.15) is 5.75 Å². The van der Waals surface area contributed by atoms with Gasteiger partial charge in [-0.2, -0.15) is 0 Å². The molecule has 186 valence electrons. The van der Waals surface area contributed by atoms with Crippen LogP contribution in [0.15, 0.2) is 71.6 Å². The molecule has 0 aliphatic carbocycles. The first kappa shape index (κ1) is 28.7. The van der Waals surface area contributed by atoms with Crippen LogP contribution in [0.2, 0.25) is 0 Å². The summed E-state index contributed by atoms with van der Waals surface area (Å²) < 4.78 is 45.0. The first-order valence-electron chi connectivity index (χ1n) is 11.7. The molecule has 1 N–H and O–H groups in total. The van der Waals surface area contributed by atoms with Crippen molar-refractivity contribution < 1.29 is 27.4 Å². The van der Waals surface area contributed by atoms with E-state index in [0.717, 1.165) is 24.0 Å². The fourth-order valence-corrected chi connectivity index (χ4v) is 5.09. The van der Waals surface area contributed by atoms with Crippen LogP contribution in [0.25, 0.3) is 0 Å². The quantitative estimate of drug-likeness (QED) is 0.396. The van der Waals surface area contributed by atoms with Crippen molar-refractivity contribution in [1.29, 1.82) is 0 Å². The molecule has 9 heteroatoms. The molecule has 1 heterocycles. The van der Waals surface area contributed by atoms with Crippen LogP contribution < -0.4 is 18.9 Å². The molecular formula is C27H30KNO6S. The van der Waals surface area contributed by atoms with Gasteiger partial charge in [0.2, 0.25) is 12.7 Å². The van der Waals surface area contributed by atoms with Gasteiger partial charge in [0.25, 0.3) is 10.0 Å². The third-order valence-corrected chi connectivity index (χ3v) is 7.18. The normalized spacial score (nSPS) is 12.9. The van der Waals surface area contributed by atoms with Crippen molar-refractivity contribution in [3.05, 3.63) is 83.4 Å². The summed E-state index contributed by atoms with van der Waals surface area (Å²) in [6.45, 7) is 4.52. The number of sulfonamides is 1. The van der Waals surface area contributed by atoms with E-state index in [-0.39, 0.29) is 69.5 Å². The summed E-state index contributed by atoms with van der Waals surface area (Å²) in [4.78, 5) is 13.5. The van der Waals surface area contributed by atoms with E-state index >= 15 is 0 Å². The number of fused-ring (bicyclic) bond motifs is 1. The predicted octanol–water partition coefficient (Wildman–Crippen LogP) is 3.95. The van der Waals surface area contributed by atoms with E-state index in [9.17, 15) is 13.2 Å².